The Labute approximate surface area is 180 Å². The van der Waals surface area contributed by atoms with Crippen molar-refractivity contribution in [2.24, 2.45) is 0 Å². The van der Waals surface area contributed by atoms with E-state index in [9.17, 15) is 5.26 Å². The lowest BCUT2D eigenvalue weighted by atomic mass is 10.2. The number of pyridine rings is 2. The Balaban J connectivity index is 1.50. The van der Waals surface area contributed by atoms with Crippen molar-refractivity contribution in [1.82, 2.24) is 29.2 Å². The molecule has 30 heavy (non-hydrogen) atoms. The highest BCUT2D eigenvalue weighted by Gasteiger charge is 2.21. The summed E-state index contributed by atoms with van der Waals surface area (Å²) in [4.78, 5) is 13.1. The zero-order valence-corrected chi connectivity index (χ0v) is 17.4. The van der Waals surface area contributed by atoms with Crippen molar-refractivity contribution in [1.29, 1.82) is 5.26 Å². The minimum atomic E-state index is 0.591. The number of hydrogen-bond donors (Lipinski definition) is 0. The molecule has 1 aliphatic rings. The van der Waals surface area contributed by atoms with Gasteiger partial charge in [-0.3, -0.25) is 14.5 Å². The number of nitrogens with zero attached hydrogens (tertiary/aromatic N) is 8. The van der Waals surface area contributed by atoms with Gasteiger partial charge >= 0.3 is 0 Å². The first-order valence-electron chi connectivity index (χ1n) is 9.72. The topological polar surface area (TPSA) is 78.8 Å². The number of hydrogen-bond acceptors (Lipinski definition) is 7. The number of rotatable bonds is 6. The van der Waals surface area contributed by atoms with Gasteiger partial charge in [0.2, 0.25) is 0 Å². The summed E-state index contributed by atoms with van der Waals surface area (Å²) in [6.07, 6.45) is 7.08. The van der Waals surface area contributed by atoms with E-state index in [2.05, 4.69) is 32.4 Å². The van der Waals surface area contributed by atoms with Crippen molar-refractivity contribution in [2.75, 3.05) is 31.1 Å². The molecule has 0 radical (unpaired) electrons. The summed E-state index contributed by atoms with van der Waals surface area (Å²) in [6.45, 7) is 8.30. The lowest BCUT2D eigenvalue weighted by molar-refractivity contribution is 0.194. The highest BCUT2D eigenvalue weighted by atomic mass is 32.1. The van der Waals surface area contributed by atoms with E-state index in [0.29, 0.717) is 23.5 Å². The minimum absolute atomic E-state index is 0.591. The molecule has 3 aromatic rings. The molecule has 4 rings (SSSR count). The predicted molar refractivity (Wildman–Crippen MR) is 117 cm³/mol. The van der Waals surface area contributed by atoms with Gasteiger partial charge in [0.05, 0.1) is 12.2 Å². The fraction of sp³-hybridized carbons (Fsp3) is 0.286. The van der Waals surface area contributed by atoms with Crippen LogP contribution in [0, 0.1) is 16.1 Å². The highest BCUT2D eigenvalue weighted by molar-refractivity contribution is 7.71. The van der Waals surface area contributed by atoms with E-state index in [4.69, 9.17) is 17.3 Å². The molecule has 1 fully saturated rings. The van der Waals surface area contributed by atoms with Crippen molar-refractivity contribution >= 4 is 18.0 Å². The van der Waals surface area contributed by atoms with E-state index >= 15 is 0 Å². The number of piperazine rings is 1. The quantitative estimate of drug-likeness (QED) is 0.450. The molecule has 1 saturated heterocycles. The molecule has 152 valence electrons. The summed E-state index contributed by atoms with van der Waals surface area (Å²) in [5, 5.41) is 14.1. The van der Waals surface area contributed by atoms with Gasteiger partial charge in [0.1, 0.15) is 11.9 Å². The van der Waals surface area contributed by atoms with Crippen LogP contribution < -0.4 is 4.90 Å². The Hall–Kier alpha value is -3.35. The molecule has 0 amide bonds. The Bertz CT molecular complexity index is 1120. The van der Waals surface area contributed by atoms with Gasteiger partial charge in [0, 0.05) is 56.9 Å². The van der Waals surface area contributed by atoms with Gasteiger partial charge in [-0.2, -0.15) is 10.4 Å². The van der Waals surface area contributed by atoms with Gasteiger partial charge in [-0.1, -0.05) is 6.08 Å². The van der Waals surface area contributed by atoms with Gasteiger partial charge in [-0.25, -0.2) is 9.67 Å². The Kier molecular flexibility index (Phi) is 5.97. The Morgan fingerprint density at radius 2 is 1.97 bits per heavy atom. The van der Waals surface area contributed by atoms with Crippen LogP contribution in [0.4, 0.5) is 5.82 Å². The molecule has 0 spiro atoms. The zero-order valence-electron chi connectivity index (χ0n) is 16.6. The average molecular weight is 419 g/mol. The van der Waals surface area contributed by atoms with Gasteiger partial charge in [-0.15, -0.1) is 6.58 Å². The van der Waals surface area contributed by atoms with Crippen molar-refractivity contribution < 1.29 is 0 Å². The van der Waals surface area contributed by atoms with E-state index < -0.39 is 0 Å². The van der Waals surface area contributed by atoms with Crippen LogP contribution in [0.3, 0.4) is 0 Å². The molecule has 8 nitrogen and oxygen atoms in total. The van der Waals surface area contributed by atoms with Crippen molar-refractivity contribution in [3.05, 3.63) is 65.8 Å². The van der Waals surface area contributed by atoms with E-state index in [-0.39, 0.29) is 0 Å². The summed E-state index contributed by atoms with van der Waals surface area (Å²) >= 11 is 5.69. The van der Waals surface area contributed by atoms with Crippen LogP contribution in [-0.2, 0) is 13.2 Å². The summed E-state index contributed by atoms with van der Waals surface area (Å²) in [5.74, 6) is 1.55. The van der Waals surface area contributed by atoms with E-state index in [0.717, 1.165) is 43.4 Å². The van der Waals surface area contributed by atoms with Crippen molar-refractivity contribution in [3.8, 4) is 17.5 Å². The normalized spacial score (nSPS) is 14.4. The molecular weight excluding hydrogens is 396 g/mol. The third-order valence-corrected chi connectivity index (χ3v) is 5.50. The van der Waals surface area contributed by atoms with Gasteiger partial charge < -0.3 is 4.90 Å². The minimum Gasteiger partial charge on any atom is -0.353 e. The second-order valence-electron chi connectivity index (χ2n) is 6.98. The van der Waals surface area contributed by atoms with Crippen LogP contribution in [0.2, 0.25) is 0 Å². The molecule has 3 aromatic heterocycles. The predicted octanol–water partition coefficient (Wildman–Crippen LogP) is 2.71. The van der Waals surface area contributed by atoms with Crippen LogP contribution in [0.5, 0.6) is 0 Å². The SMILES string of the molecule is C=CCn1c(-c2cccnc2)nn(CN2CCN(c3ncccc3C#N)CC2)c1=S. The van der Waals surface area contributed by atoms with Crippen molar-refractivity contribution in [2.45, 2.75) is 13.2 Å². The smallest absolute Gasteiger partial charge is 0.199 e. The first-order valence-corrected chi connectivity index (χ1v) is 10.1. The van der Waals surface area contributed by atoms with E-state index in [1.165, 1.54) is 0 Å². The summed E-state index contributed by atoms with van der Waals surface area (Å²) in [6, 6.07) is 9.69. The first kappa shape index (κ1) is 19.9. The Morgan fingerprint density at radius 1 is 1.17 bits per heavy atom. The second-order valence-corrected chi connectivity index (χ2v) is 7.34. The first-order chi connectivity index (χ1) is 14.7. The van der Waals surface area contributed by atoms with Crippen molar-refractivity contribution in [3.63, 3.8) is 0 Å². The standard InChI is InChI=1S/C21H22N8S/c1-2-9-28-20(18-6-3-7-23-15-18)25-29(21(28)30)16-26-10-12-27(13-11-26)19-17(14-22)5-4-8-24-19/h2-8,15H,1,9-13,16H2. The second kappa shape index (κ2) is 8.98. The fourth-order valence-corrected chi connectivity index (χ4v) is 3.82. The summed E-state index contributed by atoms with van der Waals surface area (Å²) < 4.78 is 4.49. The molecule has 0 saturated carbocycles. The number of allylic oxidation sites excluding steroid dienone is 1. The number of anilines is 1. The van der Waals surface area contributed by atoms with E-state index in [1.54, 1.807) is 30.7 Å². The molecule has 0 bridgehead atoms. The highest BCUT2D eigenvalue weighted by Crippen LogP contribution is 2.20. The molecule has 0 atom stereocenters. The van der Waals surface area contributed by atoms with Crippen LogP contribution in [-0.4, -0.2) is 55.4 Å². The Morgan fingerprint density at radius 3 is 2.67 bits per heavy atom. The molecule has 0 aromatic carbocycles. The monoisotopic (exact) mass is 418 g/mol. The van der Waals surface area contributed by atoms with E-state index in [1.807, 2.05) is 27.5 Å². The van der Waals surface area contributed by atoms with Crippen LogP contribution in [0.25, 0.3) is 11.4 Å². The van der Waals surface area contributed by atoms with Crippen LogP contribution in [0.15, 0.2) is 55.5 Å². The lowest BCUT2D eigenvalue weighted by Gasteiger charge is -2.35. The number of nitriles is 1. The third kappa shape index (κ3) is 4.01. The van der Waals surface area contributed by atoms with Gasteiger partial charge in [-0.05, 0) is 36.5 Å². The maximum atomic E-state index is 9.33. The largest absolute Gasteiger partial charge is 0.353 e. The maximum Gasteiger partial charge on any atom is 0.199 e. The molecule has 9 heteroatoms. The zero-order chi connectivity index (χ0) is 20.9. The molecule has 4 heterocycles. The fourth-order valence-electron chi connectivity index (χ4n) is 3.56. The van der Waals surface area contributed by atoms with Gasteiger partial charge in [0.25, 0.3) is 0 Å². The molecule has 0 aliphatic carbocycles. The third-order valence-electron chi connectivity index (χ3n) is 5.07. The summed E-state index contributed by atoms with van der Waals surface area (Å²) in [5.41, 5.74) is 1.53. The molecule has 0 unspecified atom stereocenters. The average Bonchev–Trinajstić information content (AvgIpc) is 3.10. The number of aromatic nitrogens is 5. The molecular formula is C21H22N8S. The molecule has 1 aliphatic heterocycles. The molecule has 0 N–H and O–H groups in total. The van der Waals surface area contributed by atoms with Crippen LogP contribution >= 0.6 is 12.2 Å². The lowest BCUT2D eigenvalue weighted by Crippen LogP contribution is -2.47. The summed E-state index contributed by atoms with van der Waals surface area (Å²) in [7, 11) is 0. The van der Waals surface area contributed by atoms with Crippen LogP contribution in [0.1, 0.15) is 5.56 Å². The van der Waals surface area contributed by atoms with Gasteiger partial charge in [0.15, 0.2) is 10.6 Å². The maximum absolute atomic E-state index is 9.33.